The number of benzene rings is 8. The van der Waals surface area contributed by atoms with E-state index in [2.05, 4.69) is 36.4 Å². The molecule has 48 heavy (non-hydrogen) atoms. The molecule has 2 nitrogen and oxygen atoms in total. The van der Waals surface area contributed by atoms with E-state index in [1.165, 1.54) is 0 Å². The van der Waals surface area contributed by atoms with Crippen molar-refractivity contribution in [2.75, 3.05) is 0 Å². The van der Waals surface area contributed by atoms with Crippen molar-refractivity contribution in [1.82, 2.24) is 0 Å². The third-order valence-electron chi connectivity index (χ3n) is 9.22. The maximum atomic E-state index is 16.2. The molecule has 4 heteroatoms. The van der Waals surface area contributed by atoms with Gasteiger partial charge in [0.05, 0.1) is 0 Å². The van der Waals surface area contributed by atoms with Gasteiger partial charge >= 0.3 is 0 Å². The molecule has 0 heterocycles. The van der Waals surface area contributed by atoms with E-state index in [4.69, 9.17) is 0 Å². The smallest absolute Gasteiger partial charge is 0.171 e. The molecule has 0 aromatic heterocycles. The van der Waals surface area contributed by atoms with E-state index in [1.807, 2.05) is 158 Å². The Balaban J connectivity index is 1.59. The first kappa shape index (κ1) is 30.1. The molecule has 0 atom stereocenters. The molecular weight excluding hydrogens is 622 g/mol. The molecule has 0 radical (unpaired) electrons. The molecule has 0 aliphatic carbocycles. The third-order valence-corrected chi connectivity index (χ3v) is 15.4. The van der Waals surface area contributed by atoms with Gasteiger partial charge in [0.25, 0.3) is 0 Å². The lowest BCUT2D eigenvalue weighted by atomic mass is 9.93. The number of hydrogen-bond acceptors (Lipinski definition) is 2. The minimum absolute atomic E-state index is 0.726. The SMILES string of the molecule is O=P(c1ccccc1)(c1ccccc1)c1ccc2ccccc2c1-c1c(P(=O)(c2ccccc2)c2ccccc2)ccc2ccccc12. The second-order valence-electron chi connectivity index (χ2n) is 11.9. The first-order chi connectivity index (χ1) is 23.6. The van der Waals surface area contributed by atoms with E-state index < -0.39 is 14.3 Å². The summed E-state index contributed by atoms with van der Waals surface area (Å²) in [6.07, 6.45) is 0. The fourth-order valence-electron chi connectivity index (χ4n) is 6.98. The summed E-state index contributed by atoms with van der Waals surface area (Å²) in [5, 5.41) is 8.45. The molecule has 0 saturated carbocycles. The zero-order chi connectivity index (χ0) is 32.6. The highest BCUT2D eigenvalue weighted by Crippen LogP contribution is 2.51. The first-order valence-corrected chi connectivity index (χ1v) is 19.5. The summed E-state index contributed by atoms with van der Waals surface area (Å²) in [7, 11) is -6.94. The maximum absolute atomic E-state index is 16.2. The van der Waals surface area contributed by atoms with Crippen LogP contribution in [-0.2, 0) is 9.13 Å². The lowest BCUT2D eigenvalue weighted by molar-refractivity contribution is 0.591. The van der Waals surface area contributed by atoms with Gasteiger partial charge in [-0.1, -0.05) is 182 Å². The van der Waals surface area contributed by atoms with E-state index in [0.717, 1.165) is 64.5 Å². The van der Waals surface area contributed by atoms with Crippen LogP contribution in [0.4, 0.5) is 0 Å². The Hall–Kier alpha value is -5.26. The van der Waals surface area contributed by atoms with Gasteiger partial charge in [0, 0.05) is 43.0 Å². The normalized spacial score (nSPS) is 11.9. The molecule has 0 aliphatic heterocycles. The molecule has 0 fully saturated rings. The van der Waals surface area contributed by atoms with Crippen molar-refractivity contribution in [2.45, 2.75) is 0 Å². The average Bonchev–Trinajstić information content (AvgIpc) is 3.18. The molecule has 0 amide bonds. The van der Waals surface area contributed by atoms with Gasteiger partial charge in [-0.3, -0.25) is 0 Å². The quantitative estimate of drug-likeness (QED) is 0.161. The van der Waals surface area contributed by atoms with Crippen molar-refractivity contribution >= 4 is 67.7 Å². The molecule has 8 aromatic carbocycles. The Morgan fingerprint density at radius 1 is 0.271 bits per heavy atom. The van der Waals surface area contributed by atoms with E-state index >= 15 is 9.13 Å². The van der Waals surface area contributed by atoms with Gasteiger partial charge in [-0.2, -0.15) is 0 Å². The maximum Gasteiger partial charge on any atom is 0.171 e. The van der Waals surface area contributed by atoms with Gasteiger partial charge in [0.2, 0.25) is 0 Å². The minimum atomic E-state index is -3.47. The molecule has 0 bridgehead atoms. The van der Waals surface area contributed by atoms with Crippen LogP contribution in [0.1, 0.15) is 0 Å². The highest BCUT2D eigenvalue weighted by atomic mass is 31.2. The standard InChI is InChI=1S/C44H32O2P2/c45-47(35-19-5-1-6-20-35,36-21-7-2-8-22-36)41-31-29-33-17-13-15-27-39(33)43(41)44-40-28-16-14-18-34(40)30-32-42(44)48(46,37-23-9-3-10-24-37)38-25-11-4-12-26-38/h1-32H. The van der Waals surface area contributed by atoms with Crippen molar-refractivity contribution in [1.29, 1.82) is 0 Å². The van der Waals surface area contributed by atoms with Gasteiger partial charge in [0.15, 0.2) is 14.3 Å². The van der Waals surface area contributed by atoms with Crippen LogP contribution in [0.15, 0.2) is 194 Å². The summed E-state index contributed by atoms with van der Waals surface area (Å²) < 4.78 is 32.4. The molecule has 0 spiro atoms. The molecular formula is C44H32O2P2. The van der Waals surface area contributed by atoms with Crippen molar-refractivity contribution in [3.05, 3.63) is 194 Å². The van der Waals surface area contributed by atoms with Crippen molar-refractivity contribution in [3.63, 3.8) is 0 Å². The lowest BCUT2D eigenvalue weighted by Crippen LogP contribution is -2.30. The van der Waals surface area contributed by atoms with E-state index in [-0.39, 0.29) is 0 Å². The van der Waals surface area contributed by atoms with Crippen LogP contribution in [0.3, 0.4) is 0 Å². The average molecular weight is 655 g/mol. The predicted octanol–water partition coefficient (Wildman–Crippen LogP) is 8.94. The lowest BCUT2D eigenvalue weighted by Gasteiger charge is -2.28. The summed E-state index contributed by atoms with van der Waals surface area (Å²) in [5.41, 5.74) is 1.70. The second kappa shape index (κ2) is 12.4. The third kappa shape index (κ3) is 4.89. The van der Waals surface area contributed by atoms with Crippen molar-refractivity contribution in [2.24, 2.45) is 0 Å². The van der Waals surface area contributed by atoms with Gasteiger partial charge in [0.1, 0.15) is 0 Å². The molecule has 0 N–H and O–H groups in total. The van der Waals surface area contributed by atoms with Crippen LogP contribution in [0.5, 0.6) is 0 Å². The molecule has 0 unspecified atom stereocenters. The molecule has 0 saturated heterocycles. The Labute approximate surface area is 281 Å². The zero-order valence-corrected chi connectivity index (χ0v) is 28.0. The molecule has 0 aliphatic rings. The van der Waals surface area contributed by atoms with Crippen LogP contribution in [-0.4, -0.2) is 0 Å². The highest BCUT2D eigenvalue weighted by Gasteiger charge is 2.38. The molecule has 8 aromatic rings. The Bertz CT molecular complexity index is 2230. The topological polar surface area (TPSA) is 34.1 Å². The Morgan fingerprint density at radius 2 is 0.542 bits per heavy atom. The van der Waals surface area contributed by atoms with Crippen LogP contribution >= 0.6 is 14.3 Å². The van der Waals surface area contributed by atoms with E-state index in [9.17, 15) is 0 Å². The van der Waals surface area contributed by atoms with Crippen molar-refractivity contribution in [3.8, 4) is 11.1 Å². The summed E-state index contributed by atoms with van der Waals surface area (Å²) in [5.74, 6) is 0. The summed E-state index contributed by atoms with van der Waals surface area (Å²) in [6.45, 7) is 0. The van der Waals surface area contributed by atoms with Gasteiger partial charge < -0.3 is 9.13 Å². The minimum Gasteiger partial charge on any atom is -0.309 e. The Morgan fingerprint density at radius 3 is 0.854 bits per heavy atom. The van der Waals surface area contributed by atoms with Gasteiger partial charge in [-0.25, -0.2) is 0 Å². The van der Waals surface area contributed by atoms with E-state index in [0.29, 0.717) is 0 Å². The number of fused-ring (bicyclic) bond motifs is 2. The summed E-state index contributed by atoms with van der Waals surface area (Å²) in [6, 6.07) is 64.0. The van der Waals surface area contributed by atoms with Crippen LogP contribution in [0.2, 0.25) is 0 Å². The summed E-state index contributed by atoms with van der Waals surface area (Å²) >= 11 is 0. The predicted molar refractivity (Wildman–Crippen MR) is 206 cm³/mol. The number of rotatable bonds is 7. The van der Waals surface area contributed by atoms with Crippen LogP contribution in [0.25, 0.3) is 32.7 Å². The molecule has 230 valence electrons. The Kier molecular flexibility index (Phi) is 7.78. The van der Waals surface area contributed by atoms with Crippen LogP contribution in [0, 0.1) is 0 Å². The first-order valence-electron chi connectivity index (χ1n) is 16.1. The van der Waals surface area contributed by atoms with Crippen molar-refractivity contribution < 1.29 is 9.13 Å². The fourth-order valence-corrected chi connectivity index (χ4v) is 12.7. The van der Waals surface area contributed by atoms with Gasteiger partial charge in [-0.15, -0.1) is 0 Å². The largest absolute Gasteiger partial charge is 0.309 e. The van der Waals surface area contributed by atoms with E-state index in [1.54, 1.807) is 0 Å². The monoisotopic (exact) mass is 654 g/mol. The summed E-state index contributed by atoms with van der Waals surface area (Å²) in [4.78, 5) is 0. The molecule has 8 rings (SSSR count). The number of hydrogen-bond donors (Lipinski definition) is 0. The second-order valence-corrected chi connectivity index (χ2v) is 17.4. The zero-order valence-electron chi connectivity index (χ0n) is 26.2. The van der Waals surface area contributed by atoms with Gasteiger partial charge in [-0.05, 0) is 33.7 Å². The fraction of sp³-hybridized carbons (Fsp3) is 0. The highest BCUT2D eigenvalue weighted by molar-refractivity contribution is 7.86. The van der Waals surface area contributed by atoms with Crippen LogP contribution < -0.4 is 31.8 Å².